The molecule has 0 unspecified atom stereocenters. The molecule has 0 spiro atoms. The van der Waals surface area contributed by atoms with Gasteiger partial charge in [-0.25, -0.2) is 4.98 Å². The number of hydrogen-bond acceptors (Lipinski definition) is 2. The first kappa shape index (κ1) is 11.6. The largest absolute Gasteiger partial charge is 0.345 e. The second-order valence-corrected chi connectivity index (χ2v) is 5.76. The Balaban J connectivity index is 1.97. The fourth-order valence-corrected chi connectivity index (χ4v) is 2.54. The molecule has 90 valence electrons. The Morgan fingerprint density at radius 2 is 2.12 bits per heavy atom. The first-order valence-electron chi connectivity index (χ1n) is 6.29. The molecule has 1 saturated carbocycles. The van der Waals surface area contributed by atoms with E-state index in [4.69, 9.17) is 0 Å². The molecule has 3 nitrogen and oxygen atoms in total. The summed E-state index contributed by atoms with van der Waals surface area (Å²) in [5.41, 5.74) is 1.74. The van der Waals surface area contributed by atoms with Crippen molar-refractivity contribution >= 4 is 0 Å². The molecule has 0 saturated heterocycles. The molecule has 0 atom stereocenters. The second kappa shape index (κ2) is 4.58. The highest BCUT2D eigenvalue weighted by Crippen LogP contribution is 2.41. The molecule has 2 N–H and O–H groups in total. The van der Waals surface area contributed by atoms with Crippen molar-refractivity contribution in [3.05, 3.63) is 17.7 Å². The van der Waals surface area contributed by atoms with E-state index in [-0.39, 0.29) is 0 Å². The van der Waals surface area contributed by atoms with Gasteiger partial charge in [-0.15, -0.1) is 0 Å². The minimum atomic E-state index is 0.539. The molecule has 0 amide bonds. The first-order valence-corrected chi connectivity index (χ1v) is 6.29. The van der Waals surface area contributed by atoms with Gasteiger partial charge in [0.2, 0.25) is 0 Å². The van der Waals surface area contributed by atoms with E-state index in [1.165, 1.54) is 37.2 Å². The summed E-state index contributed by atoms with van der Waals surface area (Å²) < 4.78 is 0. The Labute approximate surface area is 98.1 Å². The highest BCUT2D eigenvalue weighted by atomic mass is 15.0. The number of aromatic amines is 1. The van der Waals surface area contributed by atoms with E-state index in [0.717, 1.165) is 6.54 Å². The summed E-state index contributed by atoms with van der Waals surface area (Å²) in [6.07, 6.45) is 7.16. The lowest BCUT2D eigenvalue weighted by Crippen LogP contribution is -2.20. The predicted molar refractivity (Wildman–Crippen MR) is 66.3 cm³/mol. The number of nitrogens with one attached hydrogen (secondary N) is 2. The maximum atomic E-state index is 4.51. The van der Waals surface area contributed by atoms with Crippen molar-refractivity contribution in [3.8, 4) is 0 Å². The smallest absolute Gasteiger partial charge is 0.109 e. The summed E-state index contributed by atoms with van der Waals surface area (Å²) in [7, 11) is 1.96. The standard InChI is InChI=1S/C13H23N3/c1-13(2)6-4-10(5-7-13)12-15-9-11(16-12)8-14-3/h9-10,14H,4-8H2,1-3H3,(H,15,16). The van der Waals surface area contributed by atoms with E-state index in [0.29, 0.717) is 11.3 Å². The van der Waals surface area contributed by atoms with Crippen LogP contribution in [0.3, 0.4) is 0 Å². The van der Waals surface area contributed by atoms with Gasteiger partial charge in [-0.05, 0) is 38.1 Å². The molecule has 1 aromatic heterocycles. The lowest BCUT2D eigenvalue weighted by Gasteiger charge is -2.33. The molecule has 3 heteroatoms. The van der Waals surface area contributed by atoms with Crippen LogP contribution in [0.4, 0.5) is 0 Å². The molecule has 0 radical (unpaired) electrons. The number of imidazole rings is 1. The maximum Gasteiger partial charge on any atom is 0.109 e. The van der Waals surface area contributed by atoms with Gasteiger partial charge in [0.05, 0.1) is 0 Å². The van der Waals surface area contributed by atoms with Crippen LogP contribution in [0, 0.1) is 5.41 Å². The Kier molecular flexibility index (Phi) is 3.33. The number of aromatic nitrogens is 2. The third-order valence-electron chi connectivity index (χ3n) is 3.74. The van der Waals surface area contributed by atoms with E-state index in [9.17, 15) is 0 Å². The van der Waals surface area contributed by atoms with Crippen molar-refractivity contribution in [2.75, 3.05) is 7.05 Å². The summed E-state index contributed by atoms with van der Waals surface area (Å²) in [4.78, 5) is 7.95. The number of rotatable bonds is 3. The summed E-state index contributed by atoms with van der Waals surface area (Å²) >= 11 is 0. The van der Waals surface area contributed by atoms with Crippen LogP contribution in [0.15, 0.2) is 6.20 Å². The van der Waals surface area contributed by atoms with Gasteiger partial charge in [-0.3, -0.25) is 0 Å². The fourth-order valence-electron chi connectivity index (χ4n) is 2.54. The van der Waals surface area contributed by atoms with E-state index < -0.39 is 0 Å². The van der Waals surface area contributed by atoms with Crippen molar-refractivity contribution in [1.82, 2.24) is 15.3 Å². The van der Waals surface area contributed by atoms with Crippen molar-refractivity contribution in [3.63, 3.8) is 0 Å². The average molecular weight is 221 g/mol. The van der Waals surface area contributed by atoms with Gasteiger partial charge < -0.3 is 10.3 Å². The monoisotopic (exact) mass is 221 g/mol. The molecule has 1 aromatic rings. The first-order chi connectivity index (χ1) is 7.61. The summed E-state index contributed by atoms with van der Waals surface area (Å²) in [6.45, 7) is 5.63. The van der Waals surface area contributed by atoms with Crippen LogP contribution in [0.2, 0.25) is 0 Å². The average Bonchev–Trinajstić information content (AvgIpc) is 2.67. The van der Waals surface area contributed by atoms with Crippen LogP contribution < -0.4 is 5.32 Å². The van der Waals surface area contributed by atoms with E-state index in [2.05, 4.69) is 29.1 Å². The minimum absolute atomic E-state index is 0.539. The molecule has 1 aliphatic rings. The number of nitrogens with zero attached hydrogens (tertiary/aromatic N) is 1. The van der Waals surface area contributed by atoms with Crippen LogP contribution in [-0.2, 0) is 6.54 Å². The van der Waals surface area contributed by atoms with E-state index in [1.807, 2.05) is 13.2 Å². The molecule has 16 heavy (non-hydrogen) atoms. The molecule has 0 aliphatic heterocycles. The fraction of sp³-hybridized carbons (Fsp3) is 0.769. The summed E-state index contributed by atoms with van der Waals surface area (Å²) in [5, 5.41) is 3.14. The zero-order valence-electron chi connectivity index (χ0n) is 10.6. The molecule has 1 aliphatic carbocycles. The molecular weight excluding hydrogens is 198 g/mol. The zero-order chi connectivity index (χ0) is 11.6. The lowest BCUT2D eigenvalue weighted by molar-refractivity contribution is 0.221. The Hall–Kier alpha value is -0.830. The Bertz CT molecular complexity index is 331. The van der Waals surface area contributed by atoms with E-state index in [1.54, 1.807) is 0 Å². The summed E-state index contributed by atoms with van der Waals surface area (Å²) in [6, 6.07) is 0. The molecule has 1 heterocycles. The molecule has 1 fully saturated rings. The molecule has 0 aromatic carbocycles. The van der Waals surface area contributed by atoms with Crippen molar-refractivity contribution < 1.29 is 0 Å². The Morgan fingerprint density at radius 3 is 2.75 bits per heavy atom. The quantitative estimate of drug-likeness (QED) is 0.824. The van der Waals surface area contributed by atoms with E-state index >= 15 is 0 Å². The van der Waals surface area contributed by atoms with Gasteiger partial charge in [-0.2, -0.15) is 0 Å². The molecule has 0 bridgehead atoms. The normalized spacial score (nSPS) is 21.2. The predicted octanol–water partition coefficient (Wildman–Crippen LogP) is 2.81. The second-order valence-electron chi connectivity index (χ2n) is 5.76. The maximum absolute atomic E-state index is 4.51. The van der Waals surface area contributed by atoms with Gasteiger partial charge >= 0.3 is 0 Å². The minimum Gasteiger partial charge on any atom is -0.345 e. The van der Waals surface area contributed by atoms with Crippen molar-refractivity contribution in [1.29, 1.82) is 0 Å². The van der Waals surface area contributed by atoms with Gasteiger partial charge in [0, 0.05) is 24.4 Å². The number of H-pyrrole nitrogens is 1. The topological polar surface area (TPSA) is 40.7 Å². The molecular formula is C13H23N3. The Morgan fingerprint density at radius 1 is 1.44 bits per heavy atom. The van der Waals surface area contributed by atoms with Gasteiger partial charge in [0.15, 0.2) is 0 Å². The van der Waals surface area contributed by atoms with Gasteiger partial charge in [0.25, 0.3) is 0 Å². The van der Waals surface area contributed by atoms with Gasteiger partial charge in [-0.1, -0.05) is 13.8 Å². The van der Waals surface area contributed by atoms with Gasteiger partial charge in [0.1, 0.15) is 5.82 Å². The van der Waals surface area contributed by atoms with Crippen LogP contribution >= 0.6 is 0 Å². The molecule has 2 rings (SSSR count). The van der Waals surface area contributed by atoms with Crippen molar-refractivity contribution in [2.24, 2.45) is 5.41 Å². The van der Waals surface area contributed by atoms with Crippen molar-refractivity contribution in [2.45, 2.75) is 52.0 Å². The van der Waals surface area contributed by atoms with Crippen LogP contribution in [-0.4, -0.2) is 17.0 Å². The zero-order valence-corrected chi connectivity index (χ0v) is 10.6. The number of hydrogen-bond donors (Lipinski definition) is 2. The highest BCUT2D eigenvalue weighted by molar-refractivity contribution is 5.06. The van der Waals surface area contributed by atoms with Crippen LogP contribution in [0.25, 0.3) is 0 Å². The highest BCUT2D eigenvalue weighted by Gasteiger charge is 2.28. The third-order valence-corrected chi connectivity index (χ3v) is 3.74. The van der Waals surface area contributed by atoms with Crippen LogP contribution in [0.1, 0.15) is 57.0 Å². The van der Waals surface area contributed by atoms with Crippen LogP contribution in [0.5, 0.6) is 0 Å². The summed E-state index contributed by atoms with van der Waals surface area (Å²) in [5.74, 6) is 1.85. The lowest BCUT2D eigenvalue weighted by atomic mass is 9.73. The SMILES string of the molecule is CNCc1cnc(C2CCC(C)(C)CC2)[nH]1. The third kappa shape index (κ3) is 2.64.